The standard InChI is InChI=1S/C29H31N3O8S/c1-31(41(38,39)22-15-13-20(14-16-22)32(36)37)21(18-28(33)34)8-6-7-17-30-29(35)40-19-27-25-11-4-2-9-23(25)24-10-3-5-12-26(24)27/h2-5,9-16,21,27H,6-8,17-19H2,1H3,(H,30,35)(H,33,34)/t21-/m0/s1. The molecule has 216 valence electrons. The summed E-state index contributed by atoms with van der Waals surface area (Å²) in [5, 5.41) is 22.9. The lowest BCUT2D eigenvalue weighted by Gasteiger charge is -2.26. The number of nitrogens with one attached hydrogen (secondary N) is 1. The van der Waals surface area contributed by atoms with Gasteiger partial charge < -0.3 is 15.2 Å². The number of fused-ring (bicyclic) bond motifs is 3. The van der Waals surface area contributed by atoms with E-state index in [9.17, 15) is 33.2 Å². The van der Waals surface area contributed by atoms with Gasteiger partial charge in [-0.3, -0.25) is 14.9 Å². The number of carboxylic acids is 1. The van der Waals surface area contributed by atoms with E-state index in [1.54, 1.807) is 0 Å². The third-order valence-electron chi connectivity index (χ3n) is 7.23. The molecule has 1 atom stereocenters. The Morgan fingerprint density at radius 2 is 1.59 bits per heavy atom. The Bertz CT molecular complexity index is 1480. The third-order valence-corrected chi connectivity index (χ3v) is 9.15. The summed E-state index contributed by atoms with van der Waals surface area (Å²) in [6, 6.07) is 19.6. The van der Waals surface area contributed by atoms with Gasteiger partial charge in [0.25, 0.3) is 5.69 Å². The molecule has 41 heavy (non-hydrogen) atoms. The van der Waals surface area contributed by atoms with E-state index in [4.69, 9.17) is 4.74 Å². The van der Waals surface area contributed by atoms with Gasteiger partial charge >= 0.3 is 12.1 Å². The predicted molar refractivity (Wildman–Crippen MR) is 151 cm³/mol. The molecule has 1 aliphatic carbocycles. The van der Waals surface area contributed by atoms with Crippen LogP contribution in [0.15, 0.2) is 77.7 Å². The summed E-state index contributed by atoms with van der Waals surface area (Å²) < 4.78 is 32.6. The summed E-state index contributed by atoms with van der Waals surface area (Å²) in [5.74, 6) is -1.21. The van der Waals surface area contributed by atoms with Crippen molar-refractivity contribution >= 4 is 27.8 Å². The van der Waals surface area contributed by atoms with E-state index in [-0.39, 0.29) is 36.1 Å². The average molecular weight is 582 g/mol. The van der Waals surface area contributed by atoms with Crippen LogP contribution in [0.1, 0.15) is 42.7 Å². The lowest BCUT2D eigenvalue weighted by Crippen LogP contribution is -2.38. The number of carbonyl (C=O) groups excluding carboxylic acids is 1. The predicted octanol–water partition coefficient (Wildman–Crippen LogP) is 4.77. The van der Waals surface area contributed by atoms with E-state index in [0.29, 0.717) is 12.8 Å². The fourth-order valence-electron chi connectivity index (χ4n) is 5.06. The first kappa shape index (κ1) is 29.7. The lowest BCUT2D eigenvalue weighted by atomic mass is 9.98. The van der Waals surface area contributed by atoms with E-state index < -0.39 is 39.5 Å². The second kappa shape index (κ2) is 12.9. The van der Waals surface area contributed by atoms with Gasteiger partial charge in [-0.05, 0) is 47.2 Å². The number of unbranched alkanes of at least 4 members (excludes halogenated alkanes) is 1. The number of benzene rings is 3. The number of amides is 1. The zero-order chi connectivity index (χ0) is 29.6. The maximum absolute atomic E-state index is 13.0. The van der Waals surface area contributed by atoms with Gasteiger partial charge in [-0.2, -0.15) is 4.31 Å². The molecule has 0 aliphatic heterocycles. The molecule has 1 amide bonds. The summed E-state index contributed by atoms with van der Waals surface area (Å²) in [6.07, 6.45) is 0.184. The Hall–Kier alpha value is -4.29. The Morgan fingerprint density at radius 1 is 1.00 bits per heavy atom. The Morgan fingerprint density at radius 3 is 2.15 bits per heavy atom. The molecule has 0 saturated carbocycles. The first-order valence-electron chi connectivity index (χ1n) is 13.1. The quantitative estimate of drug-likeness (QED) is 0.166. The maximum Gasteiger partial charge on any atom is 0.407 e. The molecule has 0 bridgehead atoms. The molecule has 0 radical (unpaired) electrons. The molecule has 0 unspecified atom stereocenters. The molecule has 1 aliphatic rings. The number of hydrogen-bond donors (Lipinski definition) is 2. The fraction of sp³-hybridized carbons (Fsp3) is 0.310. The van der Waals surface area contributed by atoms with E-state index >= 15 is 0 Å². The summed E-state index contributed by atoms with van der Waals surface area (Å²) in [5.41, 5.74) is 4.23. The molecule has 0 fully saturated rings. The van der Waals surface area contributed by atoms with Crippen molar-refractivity contribution in [2.75, 3.05) is 20.2 Å². The van der Waals surface area contributed by atoms with Gasteiger partial charge in [0.1, 0.15) is 6.61 Å². The highest BCUT2D eigenvalue weighted by Crippen LogP contribution is 2.44. The summed E-state index contributed by atoms with van der Waals surface area (Å²) in [4.78, 5) is 33.9. The minimum Gasteiger partial charge on any atom is -0.481 e. The highest BCUT2D eigenvalue weighted by Gasteiger charge is 2.30. The smallest absolute Gasteiger partial charge is 0.407 e. The van der Waals surface area contributed by atoms with Crippen molar-refractivity contribution in [1.29, 1.82) is 0 Å². The number of hydrogen-bond acceptors (Lipinski definition) is 7. The van der Waals surface area contributed by atoms with Gasteiger partial charge in [0, 0.05) is 37.7 Å². The van der Waals surface area contributed by atoms with Crippen molar-refractivity contribution in [1.82, 2.24) is 9.62 Å². The number of sulfonamides is 1. The molecule has 4 rings (SSSR count). The van der Waals surface area contributed by atoms with Gasteiger partial charge in [0.05, 0.1) is 16.2 Å². The number of nitro benzene ring substituents is 1. The van der Waals surface area contributed by atoms with E-state index in [1.807, 2.05) is 36.4 Å². The van der Waals surface area contributed by atoms with Crippen LogP contribution in [0.25, 0.3) is 11.1 Å². The van der Waals surface area contributed by atoms with Crippen LogP contribution in [0.3, 0.4) is 0 Å². The number of non-ortho nitro benzene ring substituents is 1. The van der Waals surface area contributed by atoms with Gasteiger partial charge in [-0.25, -0.2) is 13.2 Å². The zero-order valence-electron chi connectivity index (χ0n) is 22.4. The maximum atomic E-state index is 13.0. The molecular formula is C29H31N3O8S. The second-order valence-corrected chi connectivity index (χ2v) is 11.8. The molecule has 0 heterocycles. The van der Waals surface area contributed by atoms with Crippen LogP contribution in [-0.4, -0.2) is 61.1 Å². The van der Waals surface area contributed by atoms with Crippen LogP contribution in [0.5, 0.6) is 0 Å². The van der Waals surface area contributed by atoms with E-state index in [1.165, 1.54) is 7.05 Å². The van der Waals surface area contributed by atoms with Crippen molar-refractivity contribution in [3.8, 4) is 11.1 Å². The molecule has 11 nitrogen and oxygen atoms in total. The summed E-state index contributed by atoms with van der Waals surface area (Å²) >= 11 is 0. The van der Waals surface area contributed by atoms with Gasteiger partial charge in [0.2, 0.25) is 10.0 Å². The zero-order valence-corrected chi connectivity index (χ0v) is 23.2. The van der Waals surface area contributed by atoms with E-state index in [2.05, 4.69) is 17.4 Å². The normalized spacial score (nSPS) is 13.3. The number of aliphatic carboxylic acids is 1. The summed E-state index contributed by atoms with van der Waals surface area (Å²) in [6.45, 7) is 0.459. The van der Waals surface area contributed by atoms with Gasteiger partial charge in [-0.15, -0.1) is 0 Å². The lowest BCUT2D eigenvalue weighted by molar-refractivity contribution is -0.384. The topological polar surface area (TPSA) is 156 Å². The molecule has 3 aromatic rings. The highest BCUT2D eigenvalue weighted by atomic mass is 32.2. The number of nitro groups is 1. The van der Waals surface area contributed by atoms with Crippen LogP contribution >= 0.6 is 0 Å². The van der Waals surface area contributed by atoms with Crippen molar-refractivity contribution in [3.63, 3.8) is 0 Å². The number of nitrogens with zero attached hydrogens (tertiary/aromatic N) is 2. The third kappa shape index (κ3) is 6.90. The second-order valence-electron chi connectivity index (χ2n) is 9.77. The van der Waals surface area contributed by atoms with Crippen molar-refractivity contribution in [2.45, 2.75) is 42.5 Å². The first-order valence-corrected chi connectivity index (χ1v) is 14.6. The number of ether oxygens (including phenoxy) is 1. The average Bonchev–Trinajstić information content (AvgIpc) is 3.28. The number of alkyl carbamates (subject to hydrolysis) is 1. The van der Waals surface area contributed by atoms with Crippen LogP contribution in [-0.2, 0) is 19.6 Å². The fourth-order valence-corrected chi connectivity index (χ4v) is 6.45. The highest BCUT2D eigenvalue weighted by molar-refractivity contribution is 7.89. The monoisotopic (exact) mass is 581 g/mol. The Labute approximate surface area is 238 Å². The number of carboxylic acid groups (broad SMARTS) is 1. The molecule has 2 N–H and O–H groups in total. The Balaban J connectivity index is 1.26. The van der Waals surface area contributed by atoms with E-state index in [0.717, 1.165) is 50.8 Å². The molecule has 12 heteroatoms. The van der Waals surface area contributed by atoms with Crippen LogP contribution in [0.4, 0.5) is 10.5 Å². The number of carbonyl (C=O) groups is 2. The Kier molecular flexibility index (Phi) is 9.35. The molecular weight excluding hydrogens is 550 g/mol. The van der Waals surface area contributed by atoms with Gasteiger partial charge in [-0.1, -0.05) is 55.0 Å². The SMILES string of the molecule is CN([C@@H](CCCCNC(=O)OCC1c2ccccc2-c2ccccc21)CC(=O)O)S(=O)(=O)c1ccc([N+](=O)[O-])cc1. The summed E-state index contributed by atoms with van der Waals surface area (Å²) in [7, 11) is -2.79. The number of rotatable bonds is 13. The van der Waals surface area contributed by atoms with Crippen molar-refractivity contribution < 1.29 is 32.8 Å². The first-order chi connectivity index (χ1) is 19.6. The van der Waals surface area contributed by atoms with Crippen LogP contribution < -0.4 is 5.32 Å². The van der Waals surface area contributed by atoms with Gasteiger partial charge in [0.15, 0.2) is 0 Å². The minimum atomic E-state index is -4.08. The molecule has 0 saturated heterocycles. The largest absolute Gasteiger partial charge is 0.481 e. The van der Waals surface area contributed by atoms with Crippen molar-refractivity contribution in [2.24, 2.45) is 0 Å². The van der Waals surface area contributed by atoms with Crippen molar-refractivity contribution in [3.05, 3.63) is 94.0 Å². The molecule has 3 aromatic carbocycles. The minimum absolute atomic E-state index is 0.0573. The molecule has 0 spiro atoms. The molecule has 0 aromatic heterocycles. The van der Waals surface area contributed by atoms with Crippen LogP contribution in [0, 0.1) is 10.1 Å². The van der Waals surface area contributed by atoms with Crippen LogP contribution in [0.2, 0.25) is 0 Å².